The average Bonchev–Trinajstić information content (AvgIpc) is 3.20. The van der Waals surface area contributed by atoms with Crippen LogP contribution in [0.5, 0.6) is 5.75 Å². The van der Waals surface area contributed by atoms with Crippen molar-refractivity contribution in [3.63, 3.8) is 0 Å². The number of hydrogen-bond acceptors (Lipinski definition) is 5. The number of nitrogens with zero attached hydrogens (tertiary/aromatic N) is 1. The number of rotatable bonds is 6. The van der Waals surface area contributed by atoms with Crippen molar-refractivity contribution in [3.05, 3.63) is 58.0 Å². The van der Waals surface area contributed by atoms with Crippen molar-refractivity contribution in [2.75, 3.05) is 13.7 Å². The maximum absolute atomic E-state index is 13.0. The van der Waals surface area contributed by atoms with E-state index in [1.165, 1.54) is 12.0 Å². The molecule has 0 aliphatic carbocycles. The van der Waals surface area contributed by atoms with Gasteiger partial charge < -0.3 is 19.2 Å². The molecule has 1 fully saturated rings. The third-order valence-corrected chi connectivity index (χ3v) is 5.20. The Hall–Kier alpha value is -3.02. The van der Waals surface area contributed by atoms with Crippen molar-refractivity contribution < 1.29 is 23.8 Å². The molecule has 29 heavy (non-hydrogen) atoms. The first-order chi connectivity index (χ1) is 13.8. The van der Waals surface area contributed by atoms with Crippen LogP contribution in [0.1, 0.15) is 54.0 Å². The van der Waals surface area contributed by atoms with E-state index in [-0.39, 0.29) is 11.3 Å². The average molecular weight is 397 g/mol. The van der Waals surface area contributed by atoms with Crippen LogP contribution >= 0.6 is 0 Å². The Morgan fingerprint density at radius 2 is 1.93 bits per heavy atom. The highest BCUT2D eigenvalue weighted by molar-refractivity contribution is 6.46. The molecule has 6 heteroatoms. The minimum atomic E-state index is -0.763. The molecule has 0 bridgehead atoms. The molecule has 1 amide bonds. The zero-order valence-corrected chi connectivity index (χ0v) is 17.5. The number of carbonyl (C=O) groups is 2. The summed E-state index contributed by atoms with van der Waals surface area (Å²) in [6.45, 7) is 8.00. The number of aliphatic hydroxyl groups is 1. The van der Waals surface area contributed by atoms with Crippen LogP contribution < -0.4 is 4.74 Å². The Labute approximate surface area is 170 Å². The Morgan fingerprint density at radius 3 is 2.52 bits per heavy atom. The molecule has 0 saturated carbocycles. The number of amides is 1. The van der Waals surface area contributed by atoms with E-state index in [4.69, 9.17) is 9.15 Å². The number of carbonyl (C=O) groups excluding carboxylic acids is 2. The van der Waals surface area contributed by atoms with Gasteiger partial charge in [-0.3, -0.25) is 9.59 Å². The molecule has 1 atom stereocenters. The van der Waals surface area contributed by atoms with Crippen LogP contribution in [-0.4, -0.2) is 35.4 Å². The van der Waals surface area contributed by atoms with Crippen molar-refractivity contribution >= 4 is 17.4 Å². The van der Waals surface area contributed by atoms with Crippen molar-refractivity contribution in [1.82, 2.24) is 4.90 Å². The molecule has 2 aromatic rings. The number of aryl methyl sites for hydroxylation is 3. The lowest BCUT2D eigenvalue weighted by atomic mass is 9.96. The number of unbranched alkanes of at least 4 members (excludes halogenated alkanes) is 1. The Balaban J connectivity index is 2.24. The number of benzene rings is 1. The third kappa shape index (κ3) is 3.67. The van der Waals surface area contributed by atoms with E-state index in [0.717, 1.165) is 24.0 Å². The van der Waals surface area contributed by atoms with Gasteiger partial charge in [0, 0.05) is 6.54 Å². The normalized spacial score (nSPS) is 18.5. The predicted molar refractivity (Wildman–Crippen MR) is 110 cm³/mol. The molecule has 0 spiro atoms. The number of methoxy groups -OCH3 is 1. The molecule has 1 aliphatic rings. The monoisotopic (exact) mass is 397 g/mol. The van der Waals surface area contributed by atoms with Gasteiger partial charge in [0.05, 0.1) is 18.2 Å². The van der Waals surface area contributed by atoms with Crippen LogP contribution in [0, 0.1) is 20.8 Å². The Kier molecular flexibility index (Phi) is 5.82. The second-order valence-electron chi connectivity index (χ2n) is 7.46. The van der Waals surface area contributed by atoms with Gasteiger partial charge in [-0.2, -0.15) is 0 Å². The molecule has 1 N–H and O–H groups in total. The highest BCUT2D eigenvalue weighted by Gasteiger charge is 2.47. The number of hydrogen-bond donors (Lipinski definition) is 1. The quantitative estimate of drug-likeness (QED) is 0.443. The maximum atomic E-state index is 13.0. The lowest BCUT2D eigenvalue weighted by molar-refractivity contribution is -0.140. The summed E-state index contributed by atoms with van der Waals surface area (Å²) in [5.41, 5.74) is 2.17. The van der Waals surface area contributed by atoms with Crippen molar-refractivity contribution in [2.24, 2.45) is 0 Å². The summed E-state index contributed by atoms with van der Waals surface area (Å²) >= 11 is 0. The van der Waals surface area contributed by atoms with E-state index < -0.39 is 17.7 Å². The third-order valence-electron chi connectivity index (χ3n) is 5.20. The SMILES string of the molecule is CCCCN1C(=O)C(=O)/C(=C(/O)c2cc(C)cc(C)c2OC)C1c1ccc(C)o1. The molecule has 1 unspecified atom stereocenters. The van der Waals surface area contributed by atoms with Crippen LogP contribution in [0.4, 0.5) is 0 Å². The molecule has 1 aliphatic heterocycles. The highest BCUT2D eigenvalue weighted by Crippen LogP contribution is 2.42. The summed E-state index contributed by atoms with van der Waals surface area (Å²) in [6, 6.07) is 6.46. The van der Waals surface area contributed by atoms with Gasteiger partial charge in [0.25, 0.3) is 11.7 Å². The Morgan fingerprint density at radius 1 is 1.21 bits per heavy atom. The van der Waals surface area contributed by atoms with Crippen LogP contribution in [0.25, 0.3) is 5.76 Å². The zero-order chi connectivity index (χ0) is 21.3. The second-order valence-corrected chi connectivity index (χ2v) is 7.46. The van der Waals surface area contributed by atoms with Crippen molar-refractivity contribution in [3.8, 4) is 5.75 Å². The largest absolute Gasteiger partial charge is 0.507 e. The Bertz CT molecular complexity index is 985. The van der Waals surface area contributed by atoms with Gasteiger partial charge >= 0.3 is 0 Å². The fraction of sp³-hybridized carbons (Fsp3) is 0.391. The molecular formula is C23H27NO5. The van der Waals surface area contributed by atoms with E-state index in [9.17, 15) is 14.7 Å². The van der Waals surface area contributed by atoms with Gasteiger partial charge in [-0.05, 0) is 56.5 Å². The van der Waals surface area contributed by atoms with E-state index in [0.29, 0.717) is 29.4 Å². The van der Waals surface area contributed by atoms with E-state index in [2.05, 4.69) is 0 Å². The molecule has 1 saturated heterocycles. The highest BCUT2D eigenvalue weighted by atomic mass is 16.5. The topological polar surface area (TPSA) is 80.0 Å². The summed E-state index contributed by atoms with van der Waals surface area (Å²) in [4.78, 5) is 27.2. The van der Waals surface area contributed by atoms with Gasteiger partial charge in [-0.15, -0.1) is 0 Å². The van der Waals surface area contributed by atoms with E-state index in [1.54, 1.807) is 25.1 Å². The van der Waals surface area contributed by atoms with Crippen LogP contribution in [-0.2, 0) is 9.59 Å². The van der Waals surface area contributed by atoms with Crippen LogP contribution in [0.3, 0.4) is 0 Å². The van der Waals surface area contributed by atoms with E-state index >= 15 is 0 Å². The second kappa shape index (κ2) is 8.15. The lowest BCUT2D eigenvalue weighted by Gasteiger charge is -2.23. The molecule has 3 rings (SSSR count). The van der Waals surface area contributed by atoms with Gasteiger partial charge in [-0.25, -0.2) is 0 Å². The molecule has 154 valence electrons. The van der Waals surface area contributed by atoms with Gasteiger partial charge in [0.2, 0.25) is 0 Å². The van der Waals surface area contributed by atoms with Crippen LogP contribution in [0.15, 0.2) is 34.3 Å². The van der Waals surface area contributed by atoms with Gasteiger partial charge in [-0.1, -0.05) is 19.4 Å². The zero-order valence-electron chi connectivity index (χ0n) is 17.5. The minimum absolute atomic E-state index is 0.0313. The fourth-order valence-electron chi connectivity index (χ4n) is 3.88. The van der Waals surface area contributed by atoms with Crippen molar-refractivity contribution in [2.45, 2.75) is 46.6 Å². The summed E-state index contributed by atoms with van der Waals surface area (Å²) < 4.78 is 11.3. The minimum Gasteiger partial charge on any atom is -0.507 e. The molecule has 1 aromatic heterocycles. The number of aliphatic hydroxyl groups excluding tert-OH is 1. The summed E-state index contributed by atoms with van der Waals surface area (Å²) in [5.74, 6) is 0.0290. The standard InChI is InChI=1S/C23H27NO5/c1-6-7-10-24-19(17-9-8-15(4)29-17)18(21(26)23(24)27)20(25)16-12-13(2)11-14(3)22(16)28-5/h8-9,11-12,19,25H,6-7,10H2,1-5H3/b20-18+. The molecule has 0 radical (unpaired) electrons. The van der Waals surface area contributed by atoms with Crippen LogP contribution in [0.2, 0.25) is 0 Å². The number of Topliss-reactive ketones (excluding diaryl/α,β-unsaturated/α-hetero) is 1. The summed E-state index contributed by atoms with van der Waals surface area (Å²) in [6.07, 6.45) is 1.62. The van der Waals surface area contributed by atoms with E-state index in [1.807, 2.05) is 26.8 Å². The number of likely N-dealkylation sites (tertiary alicyclic amines) is 1. The summed E-state index contributed by atoms with van der Waals surface area (Å²) in [7, 11) is 1.52. The maximum Gasteiger partial charge on any atom is 0.295 e. The van der Waals surface area contributed by atoms with Gasteiger partial charge in [0.15, 0.2) is 0 Å². The smallest absolute Gasteiger partial charge is 0.295 e. The lowest BCUT2D eigenvalue weighted by Crippen LogP contribution is -2.30. The first kappa shape index (κ1) is 20.7. The van der Waals surface area contributed by atoms with Gasteiger partial charge in [0.1, 0.15) is 29.1 Å². The predicted octanol–water partition coefficient (Wildman–Crippen LogP) is 4.44. The first-order valence-electron chi connectivity index (χ1n) is 9.80. The van der Waals surface area contributed by atoms with Crippen molar-refractivity contribution in [1.29, 1.82) is 0 Å². The molecule has 2 heterocycles. The number of ketones is 1. The molecule has 1 aromatic carbocycles. The number of ether oxygens (including phenoxy) is 1. The molecule has 6 nitrogen and oxygen atoms in total. The first-order valence-corrected chi connectivity index (χ1v) is 9.80. The summed E-state index contributed by atoms with van der Waals surface area (Å²) in [5, 5.41) is 11.2. The molecular weight excluding hydrogens is 370 g/mol. The number of furan rings is 1. The fourth-order valence-corrected chi connectivity index (χ4v) is 3.88.